The number of hydrogen-bond donors (Lipinski definition) is 3. The topological polar surface area (TPSA) is 61.4 Å². The van der Waals surface area contributed by atoms with Crippen molar-refractivity contribution in [3.8, 4) is 0 Å². The highest BCUT2D eigenvalue weighted by molar-refractivity contribution is 5.79. The lowest BCUT2D eigenvalue weighted by Crippen LogP contribution is -2.45. The Balaban J connectivity index is 2.46. The second-order valence-corrected chi connectivity index (χ2v) is 3.49. The number of aliphatic hydroxyl groups is 1. The molecule has 0 radical (unpaired) electrons. The van der Waals surface area contributed by atoms with E-state index in [1.165, 1.54) is 0 Å². The van der Waals surface area contributed by atoms with Crippen molar-refractivity contribution in [2.24, 2.45) is 0 Å². The molecule has 4 nitrogen and oxygen atoms in total. The molecular formula is C8H16N2O2. The molecule has 1 aliphatic rings. The fraction of sp³-hybridized carbons (Fsp3) is 0.875. The van der Waals surface area contributed by atoms with Gasteiger partial charge in [-0.1, -0.05) is 13.8 Å². The molecule has 0 aromatic heterocycles. The maximum absolute atomic E-state index is 10.9. The van der Waals surface area contributed by atoms with Gasteiger partial charge in [0, 0.05) is 18.5 Å². The molecule has 0 aromatic carbocycles. The summed E-state index contributed by atoms with van der Waals surface area (Å²) >= 11 is 0. The van der Waals surface area contributed by atoms with Crippen LogP contribution < -0.4 is 10.6 Å². The first kappa shape index (κ1) is 9.48. The van der Waals surface area contributed by atoms with E-state index in [-0.39, 0.29) is 24.6 Å². The van der Waals surface area contributed by atoms with Gasteiger partial charge in [-0.2, -0.15) is 0 Å². The molecule has 1 amide bonds. The van der Waals surface area contributed by atoms with Crippen LogP contribution in [0.2, 0.25) is 0 Å². The summed E-state index contributed by atoms with van der Waals surface area (Å²) in [7, 11) is 0. The lowest BCUT2D eigenvalue weighted by Gasteiger charge is -2.20. The van der Waals surface area contributed by atoms with Gasteiger partial charge in [0.2, 0.25) is 5.91 Å². The normalized spacial score (nSPS) is 29.5. The minimum atomic E-state index is -0.111. The van der Waals surface area contributed by atoms with Gasteiger partial charge in [-0.05, 0) is 0 Å². The lowest BCUT2D eigenvalue weighted by atomic mass is 10.1. The molecule has 4 heteroatoms. The van der Waals surface area contributed by atoms with Crippen molar-refractivity contribution in [1.82, 2.24) is 10.6 Å². The van der Waals surface area contributed by atoms with Crippen LogP contribution in [0.3, 0.4) is 0 Å². The Labute approximate surface area is 72.3 Å². The zero-order valence-electron chi connectivity index (χ0n) is 7.50. The molecule has 0 aliphatic carbocycles. The molecular weight excluding hydrogens is 156 g/mol. The van der Waals surface area contributed by atoms with E-state index in [9.17, 15) is 4.79 Å². The largest absolute Gasteiger partial charge is 0.394 e. The predicted octanol–water partition coefficient (Wildman–Crippen LogP) is -0.766. The quantitative estimate of drug-likeness (QED) is 0.524. The average molecular weight is 172 g/mol. The van der Waals surface area contributed by atoms with E-state index in [0.29, 0.717) is 12.5 Å². The third kappa shape index (κ3) is 2.19. The van der Waals surface area contributed by atoms with Crippen LogP contribution in [-0.2, 0) is 4.79 Å². The second-order valence-electron chi connectivity index (χ2n) is 3.49. The Hall–Kier alpha value is -0.610. The Kier molecular flexibility index (Phi) is 3.05. The highest BCUT2D eigenvalue weighted by atomic mass is 16.3. The van der Waals surface area contributed by atoms with Crippen molar-refractivity contribution in [2.45, 2.75) is 38.4 Å². The molecule has 0 bridgehead atoms. The monoisotopic (exact) mass is 172 g/mol. The van der Waals surface area contributed by atoms with E-state index < -0.39 is 0 Å². The second kappa shape index (κ2) is 3.87. The molecule has 0 unspecified atom stereocenters. The summed E-state index contributed by atoms with van der Waals surface area (Å²) in [5.41, 5.74) is 0. The number of carbonyl (C=O) groups is 1. The lowest BCUT2D eigenvalue weighted by molar-refractivity contribution is -0.119. The molecule has 1 fully saturated rings. The molecule has 70 valence electrons. The first-order chi connectivity index (χ1) is 5.63. The molecule has 1 heterocycles. The maximum Gasteiger partial charge on any atom is 0.221 e. The van der Waals surface area contributed by atoms with E-state index >= 15 is 0 Å². The zero-order valence-corrected chi connectivity index (χ0v) is 7.50. The maximum atomic E-state index is 10.9. The average Bonchev–Trinajstić information content (AvgIpc) is 2.29. The van der Waals surface area contributed by atoms with Gasteiger partial charge in [0.05, 0.1) is 12.6 Å². The van der Waals surface area contributed by atoms with Crippen LogP contribution in [0.5, 0.6) is 0 Å². The first-order valence-electron chi connectivity index (χ1n) is 4.29. The minimum absolute atomic E-state index is 0.0100. The summed E-state index contributed by atoms with van der Waals surface area (Å²) in [5, 5.41) is 14.8. The van der Waals surface area contributed by atoms with Crippen LogP contribution in [0.25, 0.3) is 0 Å². The number of carbonyl (C=O) groups excluding carboxylic acids is 1. The summed E-state index contributed by atoms with van der Waals surface area (Å²) < 4.78 is 0. The Morgan fingerprint density at radius 1 is 1.75 bits per heavy atom. The van der Waals surface area contributed by atoms with E-state index in [2.05, 4.69) is 10.6 Å². The van der Waals surface area contributed by atoms with Crippen LogP contribution in [0.4, 0.5) is 0 Å². The summed E-state index contributed by atoms with van der Waals surface area (Å²) in [6.45, 7) is 4.06. The molecule has 1 aliphatic heterocycles. The van der Waals surface area contributed by atoms with Crippen LogP contribution in [0.1, 0.15) is 20.3 Å². The SMILES string of the molecule is CC(C)N[C@H]1CC(=O)N[C@H]1CO. The highest BCUT2D eigenvalue weighted by Crippen LogP contribution is 2.08. The first-order valence-corrected chi connectivity index (χ1v) is 4.29. The standard InChI is InChI=1S/C8H16N2O2/c1-5(2)9-6-3-8(12)10-7(6)4-11/h5-7,9,11H,3-4H2,1-2H3,(H,10,12)/t6-,7-/m0/s1. The van der Waals surface area contributed by atoms with Crippen molar-refractivity contribution in [3.05, 3.63) is 0 Å². The van der Waals surface area contributed by atoms with Crippen molar-refractivity contribution < 1.29 is 9.90 Å². The fourth-order valence-corrected chi connectivity index (χ4v) is 1.48. The molecule has 0 saturated carbocycles. The van der Waals surface area contributed by atoms with E-state index in [1.807, 2.05) is 13.8 Å². The van der Waals surface area contributed by atoms with E-state index in [1.54, 1.807) is 0 Å². The fourth-order valence-electron chi connectivity index (χ4n) is 1.48. The van der Waals surface area contributed by atoms with Crippen molar-refractivity contribution >= 4 is 5.91 Å². The zero-order chi connectivity index (χ0) is 9.14. The molecule has 3 N–H and O–H groups in total. The summed E-state index contributed by atoms with van der Waals surface area (Å²) in [4.78, 5) is 10.9. The number of nitrogens with one attached hydrogen (secondary N) is 2. The summed E-state index contributed by atoms with van der Waals surface area (Å²) in [6, 6.07) is 0.319. The predicted molar refractivity (Wildman–Crippen MR) is 45.7 cm³/mol. The van der Waals surface area contributed by atoms with Gasteiger partial charge in [-0.25, -0.2) is 0 Å². The number of amides is 1. The Morgan fingerprint density at radius 2 is 2.42 bits per heavy atom. The van der Waals surface area contributed by atoms with Gasteiger partial charge < -0.3 is 15.7 Å². The van der Waals surface area contributed by atoms with Gasteiger partial charge in [-0.3, -0.25) is 4.79 Å². The third-order valence-corrected chi connectivity index (χ3v) is 1.98. The van der Waals surface area contributed by atoms with E-state index in [0.717, 1.165) is 0 Å². The Bertz CT molecular complexity index is 170. The van der Waals surface area contributed by atoms with Crippen molar-refractivity contribution in [3.63, 3.8) is 0 Å². The Morgan fingerprint density at radius 3 is 2.92 bits per heavy atom. The molecule has 2 atom stereocenters. The van der Waals surface area contributed by atoms with E-state index in [4.69, 9.17) is 5.11 Å². The smallest absolute Gasteiger partial charge is 0.221 e. The van der Waals surface area contributed by atoms with Crippen molar-refractivity contribution in [1.29, 1.82) is 0 Å². The number of rotatable bonds is 3. The van der Waals surface area contributed by atoms with Gasteiger partial charge >= 0.3 is 0 Å². The van der Waals surface area contributed by atoms with Gasteiger partial charge in [-0.15, -0.1) is 0 Å². The third-order valence-electron chi connectivity index (χ3n) is 1.98. The van der Waals surface area contributed by atoms with Gasteiger partial charge in [0.15, 0.2) is 0 Å². The summed E-state index contributed by atoms with van der Waals surface area (Å²) in [5.74, 6) is 0.0206. The molecule has 0 aromatic rings. The summed E-state index contributed by atoms with van der Waals surface area (Å²) in [6.07, 6.45) is 0.476. The van der Waals surface area contributed by atoms with Crippen LogP contribution >= 0.6 is 0 Å². The highest BCUT2D eigenvalue weighted by Gasteiger charge is 2.31. The van der Waals surface area contributed by atoms with Crippen LogP contribution in [0.15, 0.2) is 0 Å². The van der Waals surface area contributed by atoms with Gasteiger partial charge in [0.1, 0.15) is 0 Å². The van der Waals surface area contributed by atoms with Crippen molar-refractivity contribution in [2.75, 3.05) is 6.61 Å². The van der Waals surface area contributed by atoms with Crippen LogP contribution in [-0.4, -0.2) is 35.7 Å². The molecule has 1 rings (SSSR count). The number of hydrogen-bond acceptors (Lipinski definition) is 3. The molecule has 12 heavy (non-hydrogen) atoms. The van der Waals surface area contributed by atoms with Gasteiger partial charge in [0.25, 0.3) is 0 Å². The minimum Gasteiger partial charge on any atom is -0.394 e. The van der Waals surface area contributed by atoms with Crippen LogP contribution in [0, 0.1) is 0 Å². The number of aliphatic hydroxyl groups excluding tert-OH is 1. The molecule has 0 spiro atoms. The molecule has 1 saturated heterocycles.